The minimum atomic E-state index is -4.14. The molecule has 2 nitrogen and oxygen atoms in total. The van der Waals surface area contributed by atoms with E-state index in [0.717, 1.165) is 5.75 Å². The fourth-order valence-electron chi connectivity index (χ4n) is 1.22. The third kappa shape index (κ3) is 1.63. The average Bonchev–Trinajstić information content (AvgIpc) is 2.59. The highest BCUT2D eigenvalue weighted by Crippen LogP contribution is 2.49. The van der Waals surface area contributed by atoms with E-state index in [0.29, 0.717) is 11.7 Å². The van der Waals surface area contributed by atoms with Crippen LogP contribution in [-0.2, 0) is 0 Å². The molecule has 2 aliphatic rings. The molecule has 1 heterocycles. The van der Waals surface area contributed by atoms with Crippen LogP contribution in [0.2, 0.25) is 0 Å². The molecule has 1 N–H and O–H groups in total. The molecule has 2 rings (SSSR count). The Kier molecular flexibility index (Phi) is 1.98. The second kappa shape index (κ2) is 2.80. The van der Waals surface area contributed by atoms with Gasteiger partial charge in [0.05, 0.1) is 6.54 Å². The third-order valence-electron chi connectivity index (χ3n) is 2.22. The largest absolute Gasteiger partial charge is 0.411 e. The maximum absolute atomic E-state index is 12.4. The van der Waals surface area contributed by atoms with E-state index in [1.165, 1.54) is 11.8 Å². The number of alkyl halides is 3. The number of rotatable bonds is 1. The second-order valence-electron chi connectivity index (χ2n) is 3.24. The Labute approximate surface area is 78.0 Å². The van der Waals surface area contributed by atoms with Crippen molar-refractivity contribution in [1.82, 2.24) is 5.32 Å². The molecule has 74 valence electrons. The number of amidine groups is 1. The van der Waals surface area contributed by atoms with Crippen LogP contribution in [0.4, 0.5) is 13.2 Å². The van der Waals surface area contributed by atoms with E-state index < -0.39 is 11.7 Å². The quantitative estimate of drug-likeness (QED) is 0.713. The van der Waals surface area contributed by atoms with E-state index in [4.69, 9.17) is 0 Å². The summed E-state index contributed by atoms with van der Waals surface area (Å²) in [6, 6.07) is 0. The smallest absolute Gasteiger partial charge is 0.351 e. The van der Waals surface area contributed by atoms with Crippen molar-refractivity contribution in [3.05, 3.63) is 0 Å². The standard InChI is InChI=1S/C7H9F3N2S/c8-7(9,10)6(1-2-6)12-5-11-3-4-13-5/h1-4H2,(H,11,12). The van der Waals surface area contributed by atoms with Crippen LogP contribution in [-0.4, -0.2) is 29.2 Å². The summed E-state index contributed by atoms with van der Waals surface area (Å²) in [6.45, 7) is 0.626. The highest BCUT2D eigenvalue weighted by atomic mass is 32.2. The van der Waals surface area contributed by atoms with Gasteiger partial charge in [0.2, 0.25) is 0 Å². The molecule has 1 fully saturated rings. The van der Waals surface area contributed by atoms with Gasteiger partial charge in [-0.15, -0.1) is 0 Å². The fraction of sp³-hybridized carbons (Fsp3) is 0.857. The van der Waals surface area contributed by atoms with Crippen molar-refractivity contribution in [1.29, 1.82) is 0 Å². The van der Waals surface area contributed by atoms with Gasteiger partial charge in [0.25, 0.3) is 0 Å². The maximum atomic E-state index is 12.4. The third-order valence-corrected chi connectivity index (χ3v) is 3.12. The molecule has 1 aliphatic heterocycles. The second-order valence-corrected chi connectivity index (χ2v) is 4.32. The fourth-order valence-corrected chi connectivity index (χ4v) is 2.05. The van der Waals surface area contributed by atoms with Crippen LogP contribution >= 0.6 is 11.8 Å². The maximum Gasteiger partial charge on any atom is 0.411 e. The van der Waals surface area contributed by atoms with E-state index in [1.807, 2.05) is 0 Å². The number of aliphatic imine (C=N–C) groups is 1. The monoisotopic (exact) mass is 210 g/mol. The molecule has 0 saturated heterocycles. The van der Waals surface area contributed by atoms with Gasteiger partial charge in [-0.05, 0) is 12.8 Å². The Hall–Kier alpha value is -0.390. The van der Waals surface area contributed by atoms with Gasteiger partial charge >= 0.3 is 6.18 Å². The SMILES string of the molecule is FC(F)(F)C1(NC2=NCCS2)CC1. The summed E-state index contributed by atoms with van der Waals surface area (Å²) < 4.78 is 37.3. The van der Waals surface area contributed by atoms with Crippen molar-refractivity contribution in [2.45, 2.75) is 24.6 Å². The van der Waals surface area contributed by atoms with Crippen LogP contribution in [0.5, 0.6) is 0 Å². The Morgan fingerprint density at radius 3 is 2.46 bits per heavy atom. The van der Waals surface area contributed by atoms with Crippen molar-refractivity contribution in [2.24, 2.45) is 4.99 Å². The lowest BCUT2D eigenvalue weighted by Crippen LogP contribution is -2.46. The van der Waals surface area contributed by atoms with Crippen LogP contribution in [0.15, 0.2) is 4.99 Å². The van der Waals surface area contributed by atoms with Gasteiger partial charge in [-0.25, -0.2) is 0 Å². The molecule has 0 unspecified atom stereocenters. The number of thioether (sulfide) groups is 1. The summed E-state index contributed by atoms with van der Waals surface area (Å²) in [5.74, 6) is 0.788. The topological polar surface area (TPSA) is 24.4 Å². The zero-order valence-corrected chi connectivity index (χ0v) is 7.63. The highest BCUT2D eigenvalue weighted by molar-refractivity contribution is 8.14. The molecule has 1 aliphatic carbocycles. The molecular weight excluding hydrogens is 201 g/mol. The molecule has 0 spiro atoms. The van der Waals surface area contributed by atoms with Crippen LogP contribution in [0.25, 0.3) is 0 Å². The molecule has 0 amide bonds. The van der Waals surface area contributed by atoms with Crippen LogP contribution in [0, 0.1) is 0 Å². The molecule has 0 aromatic heterocycles. The first kappa shape index (κ1) is 9.18. The molecule has 0 aromatic carbocycles. The number of nitrogens with one attached hydrogen (secondary N) is 1. The van der Waals surface area contributed by atoms with E-state index in [9.17, 15) is 13.2 Å². The minimum absolute atomic E-state index is 0.177. The van der Waals surface area contributed by atoms with Gasteiger partial charge in [-0.1, -0.05) is 11.8 Å². The van der Waals surface area contributed by atoms with Crippen molar-refractivity contribution >= 4 is 16.9 Å². The van der Waals surface area contributed by atoms with Crippen molar-refractivity contribution in [3.63, 3.8) is 0 Å². The zero-order valence-electron chi connectivity index (χ0n) is 6.82. The summed E-state index contributed by atoms with van der Waals surface area (Å²) in [6.07, 6.45) is -3.79. The molecule has 0 radical (unpaired) electrons. The Morgan fingerprint density at radius 1 is 1.38 bits per heavy atom. The Bertz CT molecular complexity index is 245. The Morgan fingerprint density at radius 2 is 2.08 bits per heavy atom. The van der Waals surface area contributed by atoms with Crippen LogP contribution in [0.1, 0.15) is 12.8 Å². The number of hydrogen-bond acceptors (Lipinski definition) is 3. The summed E-state index contributed by atoms with van der Waals surface area (Å²) in [4.78, 5) is 3.94. The molecule has 13 heavy (non-hydrogen) atoms. The molecule has 0 atom stereocenters. The van der Waals surface area contributed by atoms with Crippen molar-refractivity contribution in [3.8, 4) is 0 Å². The van der Waals surface area contributed by atoms with E-state index in [2.05, 4.69) is 10.3 Å². The Balaban J connectivity index is 2.01. The normalized spacial score (nSPS) is 25.6. The lowest BCUT2D eigenvalue weighted by Gasteiger charge is -2.21. The summed E-state index contributed by atoms with van der Waals surface area (Å²) >= 11 is 1.36. The minimum Gasteiger partial charge on any atom is -0.351 e. The van der Waals surface area contributed by atoms with Gasteiger partial charge in [0.15, 0.2) is 5.17 Å². The first-order valence-electron chi connectivity index (χ1n) is 4.06. The molecule has 1 saturated carbocycles. The van der Waals surface area contributed by atoms with E-state index in [-0.39, 0.29) is 12.8 Å². The summed E-state index contributed by atoms with van der Waals surface area (Å²) in [5.41, 5.74) is -1.65. The van der Waals surface area contributed by atoms with Gasteiger partial charge in [-0.3, -0.25) is 4.99 Å². The van der Waals surface area contributed by atoms with Gasteiger partial charge < -0.3 is 5.32 Å². The van der Waals surface area contributed by atoms with E-state index in [1.54, 1.807) is 0 Å². The molecular formula is C7H9F3N2S. The lowest BCUT2D eigenvalue weighted by atomic mass is 10.3. The predicted molar refractivity (Wildman–Crippen MR) is 45.9 cm³/mol. The number of halogens is 3. The van der Waals surface area contributed by atoms with Gasteiger partial charge in [0, 0.05) is 5.75 Å². The summed E-state index contributed by atoms with van der Waals surface area (Å²) in [7, 11) is 0. The molecule has 0 bridgehead atoms. The van der Waals surface area contributed by atoms with Crippen LogP contribution < -0.4 is 5.32 Å². The van der Waals surface area contributed by atoms with Crippen molar-refractivity contribution < 1.29 is 13.2 Å². The van der Waals surface area contributed by atoms with Gasteiger partial charge in [0.1, 0.15) is 5.54 Å². The first-order chi connectivity index (χ1) is 6.04. The highest BCUT2D eigenvalue weighted by Gasteiger charge is 2.64. The molecule has 0 aromatic rings. The predicted octanol–water partition coefficient (Wildman–Crippen LogP) is 1.77. The summed E-state index contributed by atoms with van der Waals surface area (Å²) in [5, 5.41) is 2.95. The lowest BCUT2D eigenvalue weighted by molar-refractivity contribution is -0.161. The zero-order chi connectivity index (χ0) is 9.53. The number of nitrogens with zero attached hydrogens (tertiary/aromatic N) is 1. The van der Waals surface area contributed by atoms with E-state index >= 15 is 0 Å². The number of hydrogen-bond donors (Lipinski definition) is 1. The first-order valence-corrected chi connectivity index (χ1v) is 5.04. The van der Waals surface area contributed by atoms with Gasteiger partial charge in [-0.2, -0.15) is 13.2 Å². The van der Waals surface area contributed by atoms with Crippen molar-refractivity contribution in [2.75, 3.05) is 12.3 Å². The molecule has 6 heteroatoms. The van der Waals surface area contributed by atoms with Crippen LogP contribution in [0.3, 0.4) is 0 Å². The average molecular weight is 210 g/mol.